The lowest BCUT2D eigenvalue weighted by Crippen LogP contribution is -2.28. The molecule has 0 bridgehead atoms. The van der Waals surface area contributed by atoms with Gasteiger partial charge in [0.05, 0.1) is 0 Å². The molecule has 1 unspecified atom stereocenters. The van der Waals surface area contributed by atoms with Crippen LogP contribution < -0.4 is 11.3 Å². The van der Waals surface area contributed by atoms with Crippen LogP contribution in [0.2, 0.25) is 0 Å². The minimum atomic E-state index is 0.211. The van der Waals surface area contributed by atoms with Crippen LogP contribution in [0.3, 0.4) is 0 Å². The van der Waals surface area contributed by atoms with Gasteiger partial charge >= 0.3 is 0 Å². The Labute approximate surface area is 128 Å². The summed E-state index contributed by atoms with van der Waals surface area (Å²) >= 11 is 0. The minimum absolute atomic E-state index is 0.211. The number of nitrogens with one attached hydrogen (secondary N) is 1. The first-order valence-corrected chi connectivity index (χ1v) is 7.83. The lowest BCUT2D eigenvalue weighted by atomic mass is 9.97. The fraction of sp³-hybridized carbons (Fsp3) is 0.368. The van der Waals surface area contributed by atoms with Gasteiger partial charge in [-0.2, -0.15) is 0 Å². The van der Waals surface area contributed by atoms with E-state index in [4.69, 9.17) is 5.84 Å². The van der Waals surface area contributed by atoms with E-state index in [1.54, 1.807) is 0 Å². The monoisotopic (exact) mass is 282 g/mol. The van der Waals surface area contributed by atoms with Crippen LogP contribution in [0.1, 0.15) is 48.1 Å². The molecule has 2 nitrogen and oxygen atoms in total. The summed E-state index contributed by atoms with van der Waals surface area (Å²) < 4.78 is 0. The zero-order chi connectivity index (χ0) is 15.1. The topological polar surface area (TPSA) is 38.0 Å². The Balaban J connectivity index is 2.02. The maximum atomic E-state index is 5.77. The molecule has 0 heterocycles. The molecule has 0 spiro atoms. The van der Waals surface area contributed by atoms with Crippen LogP contribution in [0.5, 0.6) is 0 Å². The van der Waals surface area contributed by atoms with E-state index in [1.807, 2.05) is 0 Å². The SMILES string of the molecule is CCCc1cccc(C(CCc2ccc(C)cc2)NN)c1. The Bertz CT molecular complexity index is 546. The van der Waals surface area contributed by atoms with E-state index in [1.165, 1.54) is 28.7 Å². The summed E-state index contributed by atoms with van der Waals surface area (Å²) in [7, 11) is 0. The number of hydrazine groups is 1. The highest BCUT2D eigenvalue weighted by atomic mass is 15.2. The average molecular weight is 282 g/mol. The number of benzene rings is 2. The van der Waals surface area contributed by atoms with Crippen molar-refractivity contribution in [2.45, 2.75) is 45.6 Å². The van der Waals surface area contributed by atoms with Crippen molar-refractivity contribution in [2.24, 2.45) is 5.84 Å². The summed E-state index contributed by atoms with van der Waals surface area (Å²) in [5, 5.41) is 0. The Morgan fingerprint density at radius 2 is 1.76 bits per heavy atom. The van der Waals surface area contributed by atoms with E-state index in [9.17, 15) is 0 Å². The maximum absolute atomic E-state index is 5.77. The van der Waals surface area contributed by atoms with Gasteiger partial charge < -0.3 is 0 Å². The summed E-state index contributed by atoms with van der Waals surface area (Å²) in [5.41, 5.74) is 8.32. The van der Waals surface area contributed by atoms with Crippen LogP contribution in [-0.4, -0.2) is 0 Å². The van der Waals surface area contributed by atoms with Crippen LogP contribution in [0.15, 0.2) is 48.5 Å². The summed E-state index contributed by atoms with van der Waals surface area (Å²) in [6.45, 7) is 4.33. The molecule has 0 aliphatic rings. The first-order valence-electron chi connectivity index (χ1n) is 7.83. The molecule has 112 valence electrons. The summed E-state index contributed by atoms with van der Waals surface area (Å²) in [4.78, 5) is 0. The molecule has 2 rings (SSSR count). The molecule has 0 fully saturated rings. The predicted molar refractivity (Wildman–Crippen MR) is 90.0 cm³/mol. The van der Waals surface area contributed by atoms with Gasteiger partial charge in [0.15, 0.2) is 0 Å². The van der Waals surface area contributed by atoms with Gasteiger partial charge in [-0.25, -0.2) is 0 Å². The average Bonchev–Trinajstić information content (AvgIpc) is 2.50. The van der Waals surface area contributed by atoms with Crippen molar-refractivity contribution in [2.75, 3.05) is 0 Å². The van der Waals surface area contributed by atoms with E-state index in [0.717, 1.165) is 19.3 Å². The highest BCUT2D eigenvalue weighted by Gasteiger charge is 2.10. The molecule has 0 saturated carbocycles. The van der Waals surface area contributed by atoms with Crippen molar-refractivity contribution in [3.63, 3.8) is 0 Å². The zero-order valence-electron chi connectivity index (χ0n) is 13.1. The Morgan fingerprint density at radius 3 is 2.43 bits per heavy atom. The van der Waals surface area contributed by atoms with Gasteiger partial charge in [-0.3, -0.25) is 11.3 Å². The first kappa shape index (κ1) is 15.7. The molecule has 0 radical (unpaired) electrons. The van der Waals surface area contributed by atoms with Crippen LogP contribution in [0, 0.1) is 6.92 Å². The molecule has 1 atom stereocenters. The second kappa shape index (κ2) is 7.96. The lowest BCUT2D eigenvalue weighted by molar-refractivity contribution is 0.516. The minimum Gasteiger partial charge on any atom is -0.271 e. The number of hydrogen-bond donors (Lipinski definition) is 2. The van der Waals surface area contributed by atoms with E-state index in [2.05, 4.69) is 67.8 Å². The standard InChI is InChI=1S/C19H26N2/c1-3-5-17-6-4-7-18(14-17)19(21-20)13-12-16-10-8-15(2)9-11-16/h4,6-11,14,19,21H,3,5,12-13,20H2,1-2H3. The van der Waals surface area contributed by atoms with Crippen molar-refractivity contribution in [3.05, 3.63) is 70.8 Å². The highest BCUT2D eigenvalue weighted by Crippen LogP contribution is 2.20. The van der Waals surface area contributed by atoms with Gasteiger partial charge in [-0.15, -0.1) is 0 Å². The molecular weight excluding hydrogens is 256 g/mol. The van der Waals surface area contributed by atoms with Crippen LogP contribution in [0.25, 0.3) is 0 Å². The Kier molecular flexibility index (Phi) is 5.97. The smallest absolute Gasteiger partial charge is 0.0463 e. The molecule has 2 aromatic carbocycles. The normalized spacial score (nSPS) is 12.3. The fourth-order valence-electron chi connectivity index (χ4n) is 2.67. The largest absolute Gasteiger partial charge is 0.271 e. The second-order valence-corrected chi connectivity index (χ2v) is 5.74. The molecule has 3 N–H and O–H groups in total. The third-order valence-electron chi connectivity index (χ3n) is 3.94. The summed E-state index contributed by atoms with van der Waals surface area (Å²) in [6.07, 6.45) is 4.35. The zero-order valence-corrected chi connectivity index (χ0v) is 13.1. The van der Waals surface area contributed by atoms with E-state index in [0.29, 0.717) is 0 Å². The van der Waals surface area contributed by atoms with Gasteiger partial charge in [0.2, 0.25) is 0 Å². The molecule has 2 aromatic rings. The number of hydrogen-bond acceptors (Lipinski definition) is 2. The number of rotatable bonds is 7. The van der Waals surface area contributed by atoms with Gasteiger partial charge in [0.1, 0.15) is 0 Å². The Morgan fingerprint density at radius 1 is 1.00 bits per heavy atom. The first-order chi connectivity index (χ1) is 10.2. The van der Waals surface area contributed by atoms with Gasteiger partial charge in [-0.1, -0.05) is 67.4 Å². The van der Waals surface area contributed by atoms with Crippen LogP contribution in [0.4, 0.5) is 0 Å². The molecule has 2 heteroatoms. The van der Waals surface area contributed by atoms with Gasteiger partial charge in [-0.05, 0) is 42.9 Å². The fourth-order valence-corrected chi connectivity index (χ4v) is 2.67. The van der Waals surface area contributed by atoms with Crippen molar-refractivity contribution in [1.29, 1.82) is 0 Å². The predicted octanol–water partition coefficient (Wildman–Crippen LogP) is 4.08. The quantitative estimate of drug-likeness (QED) is 0.593. The van der Waals surface area contributed by atoms with Crippen molar-refractivity contribution in [3.8, 4) is 0 Å². The second-order valence-electron chi connectivity index (χ2n) is 5.74. The van der Waals surface area contributed by atoms with Crippen LogP contribution >= 0.6 is 0 Å². The molecule has 21 heavy (non-hydrogen) atoms. The molecule has 0 aliphatic heterocycles. The number of nitrogens with two attached hydrogens (primary N) is 1. The molecule has 0 aliphatic carbocycles. The third kappa shape index (κ3) is 4.69. The highest BCUT2D eigenvalue weighted by molar-refractivity contribution is 5.27. The molecule has 0 amide bonds. The Hall–Kier alpha value is -1.64. The third-order valence-corrected chi connectivity index (χ3v) is 3.94. The lowest BCUT2D eigenvalue weighted by Gasteiger charge is -2.17. The van der Waals surface area contributed by atoms with Crippen molar-refractivity contribution < 1.29 is 0 Å². The molecule has 0 saturated heterocycles. The summed E-state index contributed by atoms with van der Waals surface area (Å²) in [6, 6.07) is 17.7. The van der Waals surface area contributed by atoms with Crippen LogP contribution in [-0.2, 0) is 12.8 Å². The van der Waals surface area contributed by atoms with Gasteiger partial charge in [0.25, 0.3) is 0 Å². The van der Waals surface area contributed by atoms with Gasteiger partial charge in [0, 0.05) is 6.04 Å². The van der Waals surface area contributed by atoms with Crippen molar-refractivity contribution >= 4 is 0 Å². The van der Waals surface area contributed by atoms with Crippen molar-refractivity contribution in [1.82, 2.24) is 5.43 Å². The maximum Gasteiger partial charge on any atom is 0.0463 e. The van der Waals surface area contributed by atoms with E-state index < -0.39 is 0 Å². The molecule has 0 aromatic heterocycles. The summed E-state index contributed by atoms with van der Waals surface area (Å²) in [5.74, 6) is 5.77. The van der Waals surface area contributed by atoms with E-state index >= 15 is 0 Å². The molecular formula is C19H26N2. The number of aryl methyl sites for hydroxylation is 3. The van der Waals surface area contributed by atoms with E-state index in [-0.39, 0.29) is 6.04 Å².